The van der Waals surface area contributed by atoms with E-state index in [0.29, 0.717) is 24.3 Å². The third-order valence-corrected chi connectivity index (χ3v) is 6.90. The van der Waals surface area contributed by atoms with Crippen LogP contribution in [0, 0.1) is 3.57 Å². The highest BCUT2D eigenvalue weighted by atomic mass is 127. The van der Waals surface area contributed by atoms with Gasteiger partial charge in [-0.05, 0) is 83.3 Å². The molecule has 0 saturated heterocycles. The molecule has 0 heterocycles. The molecule has 1 unspecified atom stereocenters. The molecule has 0 amide bonds. The minimum absolute atomic E-state index is 0.183. The Bertz CT molecular complexity index is 881. The first-order valence-corrected chi connectivity index (χ1v) is 10.4. The predicted octanol–water partition coefficient (Wildman–Crippen LogP) is 3.59. The summed E-state index contributed by atoms with van der Waals surface area (Å²) in [4.78, 5) is 11.5. The van der Waals surface area contributed by atoms with Crippen LogP contribution < -0.4 is 4.72 Å². The normalized spacial score (nSPS) is 17.3. The number of nitrogens with one attached hydrogen (secondary N) is 1. The monoisotopic (exact) mass is 475 g/mol. The summed E-state index contributed by atoms with van der Waals surface area (Å²) < 4.78 is 28.7. The van der Waals surface area contributed by atoms with E-state index < -0.39 is 10.0 Å². The van der Waals surface area contributed by atoms with Crippen LogP contribution in [0.3, 0.4) is 0 Å². The Morgan fingerprint density at radius 1 is 1.17 bits per heavy atom. The molecule has 0 saturated carbocycles. The van der Waals surface area contributed by atoms with E-state index >= 15 is 0 Å². The molecule has 0 fully saturated rings. The van der Waals surface area contributed by atoms with Crippen molar-refractivity contribution < 1.29 is 13.2 Å². The van der Waals surface area contributed by atoms with Crippen LogP contribution in [0.15, 0.2) is 41.3 Å². The molecular weight excluding hydrogens is 461 g/mol. The molecule has 126 valence electrons. The van der Waals surface area contributed by atoms with E-state index in [2.05, 4.69) is 27.3 Å². The third-order valence-electron chi connectivity index (χ3n) is 4.17. The number of hydrogen-bond donors (Lipinski definition) is 1. The van der Waals surface area contributed by atoms with Gasteiger partial charge in [0.2, 0.25) is 10.0 Å². The fraction of sp³-hybridized carbons (Fsp3) is 0.235. The number of halogens is 2. The molecule has 0 radical (unpaired) electrons. The maximum absolute atomic E-state index is 12.5. The average Bonchev–Trinajstić information content (AvgIpc) is 2.55. The maximum Gasteiger partial charge on any atom is 0.240 e. The second kappa shape index (κ2) is 7.11. The van der Waals surface area contributed by atoms with Crippen molar-refractivity contribution in [1.82, 2.24) is 4.72 Å². The highest BCUT2D eigenvalue weighted by Crippen LogP contribution is 2.28. The lowest BCUT2D eigenvalue weighted by molar-refractivity contribution is 0.112. The first kappa shape index (κ1) is 17.8. The number of carbonyl (C=O) groups excluding carboxylic acids is 1. The fourth-order valence-corrected chi connectivity index (χ4v) is 5.01. The molecule has 1 N–H and O–H groups in total. The van der Waals surface area contributed by atoms with Crippen molar-refractivity contribution in [3.63, 3.8) is 0 Å². The van der Waals surface area contributed by atoms with Crippen molar-refractivity contribution in [2.24, 2.45) is 0 Å². The van der Waals surface area contributed by atoms with Gasteiger partial charge in [0.15, 0.2) is 6.29 Å². The van der Waals surface area contributed by atoms with Gasteiger partial charge < -0.3 is 0 Å². The minimum atomic E-state index is -3.58. The van der Waals surface area contributed by atoms with Gasteiger partial charge in [0.25, 0.3) is 0 Å². The molecular formula is C17H15ClINO3S. The molecule has 3 rings (SSSR count). The maximum atomic E-state index is 12.5. The van der Waals surface area contributed by atoms with Crippen molar-refractivity contribution in [2.75, 3.05) is 0 Å². The van der Waals surface area contributed by atoms with E-state index in [1.165, 1.54) is 12.1 Å². The predicted molar refractivity (Wildman–Crippen MR) is 102 cm³/mol. The van der Waals surface area contributed by atoms with Gasteiger partial charge in [-0.1, -0.05) is 17.7 Å². The van der Waals surface area contributed by atoms with Crippen molar-refractivity contribution in [3.05, 3.63) is 61.7 Å². The lowest BCUT2D eigenvalue weighted by Crippen LogP contribution is -2.39. The summed E-state index contributed by atoms with van der Waals surface area (Å²) in [5.74, 6) is 0. The Labute approximate surface area is 159 Å². The zero-order valence-corrected chi connectivity index (χ0v) is 16.4. The molecule has 2 aromatic carbocycles. The van der Waals surface area contributed by atoms with E-state index in [9.17, 15) is 13.2 Å². The van der Waals surface area contributed by atoms with Gasteiger partial charge in [-0.15, -0.1) is 0 Å². The number of rotatable bonds is 4. The zero-order valence-electron chi connectivity index (χ0n) is 12.6. The summed E-state index contributed by atoms with van der Waals surface area (Å²) in [5, 5.41) is 0.497. The van der Waals surface area contributed by atoms with E-state index in [1.807, 2.05) is 12.1 Å². The summed E-state index contributed by atoms with van der Waals surface area (Å²) in [6, 6.07) is 9.81. The van der Waals surface area contributed by atoms with Crippen LogP contribution >= 0.6 is 34.2 Å². The Hall–Kier alpha value is -0.960. The lowest BCUT2D eigenvalue weighted by atomic mass is 9.86. The van der Waals surface area contributed by atoms with Gasteiger partial charge >= 0.3 is 0 Å². The quantitative estimate of drug-likeness (QED) is 0.543. The molecule has 1 aliphatic carbocycles. The molecule has 24 heavy (non-hydrogen) atoms. The molecule has 4 nitrogen and oxygen atoms in total. The minimum Gasteiger partial charge on any atom is -0.298 e. The Morgan fingerprint density at radius 3 is 2.54 bits per heavy atom. The lowest BCUT2D eigenvalue weighted by Gasteiger charge is -2.26. The molecule has 2 aromatic rings. The number of aldehydes is 1. The van der Waals surface area contributed by atoms with Crippen LogP contribution in [-0.4, -0.2) is 20.7 Å². The van der Waals surface area contributed by atoms with Crippen molar-refractivity contribution in [1.29, 1.82) is 0 Å². The summed E-state index contributed by atoms with van der Waals surface area (Å²) in [6.07, 6.45) is 2.83. The Kier molecular flexibility index (Phi) is 5.29. The zero-order chi connectivity index (χ0) is 17.3. The highest BCUT2D eigenvalue weighted by molar-refractivity contribution is 14.1. The van der Waals surface area contributed by atoms with Gasteiger partial charge in [-0.25, -0.2) is 13.1 Å². The van der Waals surface area contributed by atoms with E-state index in [1.54, 1.807) is 12.1 Å². The smallest absolute Gasteiger partial charge is 0.240 e. The number of hydrogen-bond acceptors (Lipinski definition) is 3. The molecule has 0 aromatic heterocycles. The summed E-state index contributed by atoms with van der Waals surface area (Å²) in [6.45, 7) is 0. The SMILES string of the molecule is O=Cc1c(I)ccc2c1CCC(NS(=O)(=O)c1ccc(Cl)cc1)C2. The van der Waals surface area contributed by atoms with Gasteiger partial charge in [-0.2, -0.15) is 0 Å². The van der Waals surface area contributed by atoms with Crippen LogP contribution in [0.4, 0.5) is 0 Å². The van der Waals surface area contributed by atoms with Crippen LogP contribution in [0.1, 0.15) is 27.9 Å². The van der Waals surface area contributed by atoms with Crippen LogP contribution in [0.5, 0.6) is 0 Å². The van der Waals surface area contributed by atoms with Gasteiger partial charge in [0.05, 0.1) is 4.90 Å². The van der Waals surface area contributed by atoms with Crippen LogP contribution in [0.2, 0.25) is 5.02 Å². The van der Waals surface area contributed by atoms with Crippen molar-refractivity contribution >= 4 is 50.5 Å². The number of fused-ring (bicyclic) bond motifs is 1. The first-order chi connectivity index (χ1) is 11.4. The first-order valence-electron chi connectivity index (χ1n) is 7.44. The Balaban J connectivity index is 1.81. The standard InChI is InChI=1S/C17H15ClINO3S/c18-12-2-5-14(6-3-12)24(22,23)20-13-4-7-15-11(9-13)1-8-17(19)16(15)10-21/h1-3,5-6,8,10,13,20H,4,7,9H2. The average molecular weight is 476 g/mol. The molecule has 0 aliphatic heterocycles. The largest absolute Gasteiger partial charge is 0.298 e. The summed E-state index contributed by atoms with van der Waals surface area (Å²) in [7, 11) is -3.58. The number of benzene rings is 2. The second-order valence-corrected chi connectivity index (χ2v) is 9.04. The fourth-order valence-electron chi connectivity index (χ4n) is 2.98. The molecule has 1 aliphatic rings. The van der Waals surface area contributed by atoms with Crippen LogP contribution in [0.25, 0.3) is 0 Å². The van der Waals surface area contributed by atoms with Gasteiger partial charge in [0, 0.05) is 20.2 Å². The van der Waals surface area contributed by atoms with Gasteiger partial charge in [-0.3, -0.25) is 4.79 Å². The Morgan fingerprint density at radius 2 is 1.88 bits per heavy atom. The summed E-state index contributed by atoms with van der Waals surface area (Å²) in [5.41, 5.74) is 2.80. The number of sulfonamides is 1. The molecule has 0 spiro atoms. The number of carbonyl (C=O) groups is 1. The molecule has 0 bridgehead atoms. The van der Waals surface area contributed by atoms with Crippen molar-refractivity contribution in [2.45, 2.75) is 30.2 Å². The topological polar surface area (TPSA) is 63.2 Å². The third kappa shape index (κ3) is 3.66. The summed E-state index contributed by atoms with van der Waals surface area (Å²) >= 11 is 7.96. The molecule has 7 heteroatoms. The molecule has 1 atom stereocenters. The second-order valence-electron chi connectivity index (χ2n) is 5.73. The van der Waals surface area contributed by atoms with E-state index in [-0.39, 0.29) is 10.9 Å². The van der Waals surface area contributed by atoms with E-state index in [4.69, 9.17) is 11.6 Å². The van der Waals surface area contributed by atoms with Crippen LogP contribution in [-0.2, 0) is 22.9 Å². The van der Waals surface area contributed by atoms with E-state index in [0.717, 1.165) is 26.5 Å². The van der Waals surface area contributed by atoms with Crippen molar-refractivity contribution in [3.8, 4) is 0 Å². The van der Waals surface area contributed by atoms with Gasteiger partial charge in [0.1, 0.15) is 0 Å². The highest BCUT2D eigenvalue weighted by Gasteiger charge is 2.26.